The van der Waals surface area contributed by atoms with E-state index in [1.807, 2.05) is 5.38 Å². The van der Waals surface area contributed by atoms with Crippen molar-refractivity contribution in [3.05, 3.63) is 29.4 Å². The Bertz CT molecular complexity index is 876. The zero-order valence-corrected chi connectivity index (χ0v) is 17.7. The highest BCUT2D eigenvalue weighted by Crippen LogP contribution is 2.36. The van der Waals surface area contributed by atoms with Crippen molar-refractivity contribution < 1.29 is 9.18 Å². The number of thiophene rings is 1. The Kier molecular flexibility index (Phi) is 5.48. The number of benzene rings is 1. The highest BCUT2D eigenvalue weighted by molar-refractivity contribution is 7.17. The van der Waals surface area contributed by atoms with Gasteiger partial charge in [0.1, 0.15) is 5.82 Å². The van der Waals surface area contributed by atoms with Crippen molar-refractivity contribution in [2.24, 2.45) is 11.8 Å². The molecule has 3 atom stereocenters. The van der Waals surface area contributed by atoms with Gasteiger partial charge in [0.15, 0.2) is 0 Å². The number of amides is 1. The minimum absolute atomic E-state index is 0.136. The second kappa shape index (κ2) is 8.23. The molecule has 0 radical (unpaired) electrons. The second-order valence-corrected chi connectivity index (χ2v) is 9.97. The summed E-state index contributed by atoms with van der Waals surface area (Å²) in [6.45, 7) is 5.13. The third-order valence-electron chi connectivity index (χ3n) is 7.27. The topological polar surface area (TPSA) is 35.6 Å². The van der Waals surface area contributed by atoms with Gasteiger partial charge in [-0.3, -0.25) is 9.69 Å². The molecular formula is C23H30FN3OS. The van der Waals surface area contributed by atoms with Crippen LogP contribution >= 0.6 is 11.3 Å². The van der Waals surface area contributed by atoms with Crippen molar-refractivity contribution in [3.8, 4) is 0 Å². The van der Waals surface area contributed by atoms with Gasteiger partial charge in [-0.2, -0.15) is 0 Å². The summed E-state index contributed by atoms with van der Waals surface area (Å²) in [6, 6.07) is 5.87. The van der Waals surface area contributed by atoms with Crippen LogP contribution in [0.3, 0.4) is 0 Å². The van der Waals surface area contributed by atoms with Crippen LogP contribution in [0.4, 0.5) is 10.1 Å². The van der Waals surface area contributed by atoms with E-state index in [1.54, 1.807) is 23.5 Å². The summed E-state index contributed by atoms with van der Waals surface area (Å²) < 4.78 is 15.1. The van der Waals surface area contributed by atoms with Crippen molar-refractivity contribution in [1.29, 1.82) is 0 Å². The molecule has 3 heterocycles. The number of halogens is 1. The van der Waals surface area contributed by atoms with E-state index in [0.29, 0.717) is 12.0 Å². The molecule has 3 aliphatic rings. The van der Waals surface area contributed by atoms with E-state index in [1.165, 1.54) is 24.6 Å². The number of piperazine rings is 1. The van der Waals surface area contributed by atoms with E-state index in [-0.39, 0.29) is 11.7 Å². The molecule has 1 aromatic carbocycles. The number of nitrogens with one attached hydrogen (secondary N) is 1. The summed E-state index contributed by atoms with van der Waals surface area (Å²) >= 11 is 1.61. The van der Waals surface area contributed by atoms with Gasteiger partial charge in [-0.1, -0.05) is 0 Å². The fourth-order valence-electron chi connectivity index (χ4n) is 5.56. The normalized spacial score (nSPS) is 28.4. The van der Waals surface area contributed by atoms with E-state index in [4.69, 9.17) is 0 Å². The van der Waals surface area contributed by atoms with Crippen LogP contribution in [0.2, 0.25) is 0 Å². The zero-order chi connectivity index (χ0) is 19.8. The molecule has 0 spiro atoms. The lowest BCUT2D eigenvalue weighted by atomic mass is 9.73. The van der Waals surface area contributed by atoms with Crippen LogP contribution < -0.4 is 10.2 Å². The van der Waals surface area contributed by atoms with Gasteiger partial charge in [0.05, 0.1) is 0 Å². The molecule has 1 amide bonds. The number of rotatable bonds is 4. The summed E-state index contributed by atoms with van der Waals surface area (Å²) in [7, 11) is 0. The van der Waals surface area contributed by atoms with Crippen LogP contribution in [0.25, 0.3) is 10.1 Å². The predicted octanol–water partition coefficient (Wildman–Crippen LogP) is 4.25. The number of nitrogens with zero attached hydrogens (tertiary/aromatic N) is 2. The molecule has 156 valence electrons. The van der Waals surface area contributed by atoms with Gasteiger partial charge in [-0.05, 0) is 74.1 Å². The lowest BCUT2D eigenvalue weighted by Gasteiger charge is -2.41. The average Bonchev–Trinajstić information content (AvgIpc) is 3.20. The minimum Gasteiger partial charge on any atom is -0.368 e. The van der Waals surface area contributed by atoms with Crippen LogP contribution in [-0.2, 0) is 4.79 Å². The SMILES string of the molecule is O=C1CCC2CCC(CCN3CCN(c4cc(F)cc5sccc45)CC3)CC2N1. The quantitative estimate of drug-likeness (QED) is 0.811. The standard InChI is InChI=1S/C23H30FN3OS/c24-18-14-21(19-6-12-29-22(19)15-18)27-10-8-26(9-11-27)7-5-16-1-2-17-3-4-23(28)25-20(17)13-16/h6,12,14-17,20H,1-5,7-11,13H2,(H,25,28). The molecule has 1 saturated carbocycles. The van der Waals surface area contributed by atoms with Crippen molar-refractivity contribution in [2.75, 3.05) is 37.6 Å². The fourth-order valence-corrected chi connectivity index (χ4v) is 6.39. The average molecular weight is 416 g/mol. The molecule has 2 aliphatic heterocycles. The summed E-state index contributed by atoms with van der Waals surface area (Å²) in [4.78, 5) is 16.6. The molecule has 5 rings (SSSR count). The first-order valence-electron chi connectivity index (χ1n) is 11.1. The van der Waals surface area contributed by atoms with E-state index >= 15 is 0 Å². The first kappa shape index (κ1) is 19.3. The number of piperidine rings is 1. The van der Waals surface area contributed by atoms with Crippen LogP contribution in [0.15, 0.2) is 23.6 Å². The molecule has 29 heavy (non-hydrogen) atoms. The smallest absolute Gasteiger partial charge is 0.220 e. The fraction of sp³-hybridized carbons (Fsp3) is 0.609. The molecule has 3 unspecified atom stereocenters. The van der Waals surface area contributed by atoms with E-state index < -0.39 is 0 Å². The van der Waals surface area contributed by atoms with E-state index in [9.17, 15) is 9.18 Å². The molecule has 1 aliphatic carbocycles. The van der Waals surface area contributed by atoms with Crippen LogP contribution in [0, 0.1) is 17.7 Å². The Morgan fingerprint density at radius 1 is 1.14 bits per heavy atom. The van der Waals surface area contributed by atoms with Gasteiger partial charge in [-0.25, -0.2) is 4.39 Å². The third-order valence-corrected chi connectivity index (χ3v) is 8.14. The highest BCUT2D eigenvalue weighted by Gasteiger charge is 2.34. The summed E-state index contributed by atoms with van der Waals surface area (Å²) in [5, 5.41) is 6.46. The molecule has 3 fully saturated rings. The molecule has 4 nitrogen and oxygen atoms in total. The Morgan fingerprint density at radius 2 is 2.00 bits per heavy atom. The lowest BCUT2D eigenvalue weighted by Crippen LogP contribution is -2.49. The molecule has 0 bridgehead atoms. The van der Waals surface area contributed by atoms with Gasteiger partial charge < -0.3 is 10.2 Å². The van der Waals surface area contributed by atoms with Gasteiger partial charge in [0.2, 0.25) is 5.91 Å². The molecule has 2 saturated heterocycles. The number of carbonyl (C=O) groups excluding carboxylic acids is 1. The van der Waals surface area contributed by atoms with Crippen LogP contribution in [-0.4, -0.2) is 49.6 Å². The maximum Gasteiger partial charge on any atom is 0.220 e. The van der Waals surface area contributed by atoms with Crippen molar-refractivity contribution >= 4 is 33.0 Å². The van der Waals surface area contributed by atoms with Crippen LogP contribution in [0.1, 0.15) is 38.5 Å². The van der Waals surface area contributed by atoms with Crippen molar-refractivity contribution in [1.82, 2.24) is 10.2 Å². The summed E-state index contributed by atoms with van der Waals surface area (Å²) in [5.74, 6) is 1.57. The van der Waals surface area contributed by atoms with E-state index in [0.717, 1.165) is 68.3 Å². The number of hydrogen-bond donors (Lipinski definition) is 1. The number of anilines is 1. The van der Waals surface area contributed by atoms with Crippen molar-refractivity contribution in [3.63, 3.8) is 0 Å². The number of fused-ring (bicyclic) bond motifs is 2. The molecule has 2 aromatic rings. The van der Waals surface area contributed by atoms with Gasteiger partial charge in [0, 0.05) is 54.4 Å². The molecular weight excluding hydrogens is 385 g/mol. The Balaban J connectivity index is 1.13. The number of hydrogen-bond acceptors (Lipinski definition) is 4. The van der Waals surface area contributed by atoms with Gasteiger partial charge in [0.25, 0.3) is 0 Å². The Labute approximate surface area is 176 Å². The summed E-state index contributed by atoms with van der Waals surface area (Å²) in [5.41, 5.74) is 1.05. The minimum atomic E-state index is -0.136. The predicted molar refractivity (Wildman–Crippen MR) is 117 cm³/mol. The van der Waals surface area contributed by atoms with E-state index in [2.05, 4.69) is 21.2 Å². The van der Waals surface area contributed by atoms with Crippen LogP contribution in [0.5, 0.6) is 0 Å². The number of carbonyl (C=O) groups is 1. The highest BCUT2D eigenvalue weighted by atomic mass is 32.1. The first-order chi connectivity index (χ1) is 14.2. The monoisotopic (exact) mass is 415 g/mol. The van der Waals surface area contributed by atoms with Crippen molar-refractivity contribution in [2.45, 2.75) is 44.6 Å². The molecule has 6 heteroatoms. The first-order valence-corrected chi connectivity index (χ1v) is 12.0. The maximum atomic E-state index is 14.0. The second-order valence-electron chi connectivity index (χ2n) is 9.03. The largest absolute Gasteiger partial charge is 0.368 e. The molecule has 1 aromatic heterocycles. The van der Waals surface area contributed by atoms with Gasteiger partial charge >= 0.3 is 0 Å². The zero-order valence-electron chi connectivity index (χ0n) is 16.9. The maximum absolute atomic E-state index is 14.0. The van der Waals surface area contributed by atoms with Gasteiger partial charge in [-0.15, -0.1) is 11.3 Å². The third kappa shape index (κ3) is 4.15. The molecule has 1 N–H and O–H groups in total. The summed E-state index contributed by atoms with van der Waals surface area (Å²) in [6.07, 6.45) is 6.79. The lowest BCUT2D eigenvalue weighted by molar-refractivity contribution is -0.125. The Morgan fingerprint density at radius 3 is 2.86 bits per heavy atom. The Hall–Kier alpha value is -1.66.